The molecule has 2 saturated heterocycles. The highest BCUT2D eigenvalue weighted by atomic mass is 16.5. The van der Waals surface area contributed by atoms with E-state index in [1.165, 1.54) is 25.7 Å². The lowest BCUT2D eigenvalue weighted by molar-refractivity contribution is 0.0299. The van der Waals surface area contributed by atoms with Crippen molar-refractivity contribution in [2.24, 2.45) is 0 Å². The van der Waals surface area contributed by atoms with Crippen LogP contribution in [0.2, 0.25) is 0 Å². The first kappa shape index (κ1) is 11.4. The van der Waals surface area contributed by atoms with Gasteiger partial charge in [-0.15, -0.1) is 0 Å². The number of hydrogen-bond acceptors (Lipinski definition) is 6. The summed E-state index contributed by atoms with van der Waals surface area (Å²) in [6.07, 6.45) is 5.49. The molecule has 1 N–H and O–H groups in total. The van der Waals surface area contributed by atoms with Crippen LogP contribution in [0, 0.1) is 6.92 Å². The van der Waals surface area contributed by atoms with Crippen LogP contribution in [0.25, 0.3) is 0 Å². The summed E-state index contributed by atoms with van der Waals surface area (Å²) in [5.41, 5.74) is 0. The molecule has 3 heterocycles. The van der Waals surface area contributed by atoms with Crippen molar-refractivity contribution in [1.82, 2.24) is 15.0 Å². The summed E-state index contributed by atoms with van der Waals surface area (Å²) in [5.74, 6) is 2.31. The molecule has 4 rings (SSSR count). The van der Waals surface area contributed by atoms with Crippen LogP contribution in [-0.2, 0) is 4.74 Å². The maximum atomic E-state index is 5.86. The van der Waals surface area contributed by atoms with Crippen molar-refractivity contribution in [2.45, 2.75) is 50.9 Å². The average Bonchev–Trinajstić information content (AvgIpc) is 3.13. The smallest absolute Gasteiger partial charge is 0.230 e. The van der Waals surface area contributed by atoms with Crippen LogP contribution in [0.15, 0.2) is 0 Å². The molecule has 6 nitrogen and oxygen atoms in total. The third-order valence-electron chi connectivity index (χ3n) is 3.97. The first-order chi connectivity index (χ1) is 9.26. The molecule has 0 spiro atoms. The van der Waals surface area contributed by atoms with Crippen molar-refractivity contribution >= 4 is 11.9 Å². The fourth-order valence-corrected chi connectivity index (χ4v) is 2.86. The number of aryl methyl sites for hydroxylation is 1. The number of nitrogens with zero attached hydrogens (tertiary/aromatic N) is 4. The van der Waals surface area contributed by atoms with Gasteiger partial charge >= 0.3 is 0 Å². The molecule has 3 aliphatic rings. The Hall–Kier alpha value is -1.43. The van der Waals surface area contributed by atoms with Gasteiger partial charge in [0.1, 0.15) is 5.82 Å². The summed E-state index contributed by atoms with van der Waals surface area (Å²) < 4.78 is 5.86. The number of aromatic nitrogens is 3. The van der Waals surface area contributed by atoms with Crippen molar-refractivity contribution in [3.63, 3.8) is 0 Å². The van der Waals surface area contributed by atoms with Crippen LogP contribution in [0.5, 0.6) is 0 Å². The van der Waals surface area contributed by atoms with E-state index in [0.717, 1.165) is 30.8 Å². The summed E-state index contributed by atoms with van der Waals surface area (Å²) in [6, 6.07) is 0.565. The lowest BCUT2D eigenvalue weighted by atomic mass is 10.2. The molecule has 1 aromatic heterocycles. The molecule has 2 unspecified atom stereocenters. The van der Waals surface area contributed by atoms with Crippen LogP contribution in [0.4, 0.5) is 11.9 Å². The average molecular weight is 261 g/mol. The molecule has 6 heteroatoms. The van der Waals surface area contributed by atoms with Crippen molar-refractivity contribution in [3.05, 3.63) is 5.82 Å². The Kier molecular flexibility index (Phi) is 2.58. The van der Waals surface area contributed by atoms with Crippen molar-refractivity contribution in [1.29, 1.82) is 0 Å². The zero-order valence-corrected chi connectivity index (χ0v) is 11.2. The fraction of sp³-hybridized carbons (Fsp3) is 0.769. The van der Waals surface area contributed by atoms with Gasteiger partial charge in [0.15, 0.2) is 0 Å². The molecule has 0 aromatic carbocycles. The highest BCUT2D eigenvalue weighted by molar-refractivity contribution is 5.39. The molecule has 2 bridgehead atoms. The molecule has 1 aliphatic carbocycles. The third-order valence-corrected chi connectivity index (χ3v) is 3.97. The lowest BCUT2D eigenvalue weighted by Gasteiger charge is -2.32. The predicted molar refractivity (Wildman–Crippen MR) is 71.3 cm³/mol. The fourth-order valence-electron chi connectivity index (χ4n) is 2.86. The number of hydrogen-bond donors (Lipinski definition) is 1. The Balaban J connectivity index is 1.57. The minimum Gasteiger partial charge on any atom is -0.371 e. The number of morpholine rings is 1. The van der Waals surface area contributed by atoms with Crippen LogP contribution in [0.1, 0.15) is 31.5 Å². The summed E-state index contributed by atoms with van der Waals surface area (Å²) >= 11 is 0. The van der Waals surface area contributed by atoms with Crippen molar-refractivity contribution in [2.75, 3.05) is 23.3 Å². The Morgan fingerprint density at radius 2 is 1.79 bits per heavy atom. The minimum atomic E-state index is 0.357. The molecule has 2 aliphatic heterocycles. The quantitative estimate of drug-likeness (QED) is 0.879. The van der Waals surface area contributed by atoms with E-state index >= 15 is 0 Å². The van der Waals surface area contributed by atoms with Crippen LogP contribution in [-0.4, -0.2) is 46.3 Å². The minimum absolute atomic E-state index is 0.357. The monoisotopic (exact) mass is 261 g/mol. The molecule has 102 valence electrons. The van der Waals surface area contributed by atoms with Gasteiger partial charge in [0, 0.05) is 19.1 Å². The second-order valence-electron chi connectivity index (χ2n) is 5.79. The van der Waals surface area contributed by atoms with Gasteiger partial charge in [-0.3, -0.25) is 0 Å². The molecule has 1 aromatic rings. The molecule has 1 saturated carbocycles. The summed E-state index contributed by atoms with van der Waals surface area (Å²) in [6.45, 7) is 3.74. The first-order valence-electron chi connectivity index (χ1n) is 7.16. The normalized spacial score (nSPS) is 29.6. The van der Waals surface area contributed by atoms with Crippen LogP contribution < -0.4 is 10.2 Å². The molecule has 0 amide bonds. The second-order valence-corrected chi connectivity index (χ2v) is 5.79. The van der Waals surface area contributed by atoms with Crippen molar-refractivity contribution < 1.29 is 4.74 Å². The largest absolute Gasteiger partial charge is 0.371 e. The van der Waals surface area contributed by atoms with Gasteiger partial charge in [0.05, 0.1) is 12.2 Å². The highest BCUT2D eigenvalue weighted by Gasteiger charge is 2.35. The van der Waals surface area contributed by atoms with Gasteiger partial charge in [0.25, 0.3) is 0 Å². The number of fused-ring (bicyclic) bond motifs is 2. The third kappa shape index (κ3) is 2.36. The zero-order valence-electron chi connectivity index (χ0n) is 11.2. The highest BCUT2D eigenvalue weighted by Crippen LogP contribution is 2.29. The summed E-state index contributed by atoms with van der Waals surface area (Å²) in [4.78, 5) is 15.7. The number of anilines is 2. The predicted octanol–water partition coefficient (Wildman–Crippen LogP) is 1.12. The van der Waals surface area contributed by atoms with E-state index in [1.54, 1.807) is 0 Å². The molecular formula is C13H19N5O. The maximum absolute atomic E-state index is 5.86. The number of nitrogens with one attached hydrogen (secondary N) is 1. The van der Waals surface area contributed by atoms with Gasteiger partial charge < -0.3 is 15.0 Å². The van der Waals surface area contributed by atoms with Gasteiger partial charge in [-0.1, -0.05) is 0 Å². The Bertz CT molecular complexity index is 478. The van der Waals surface area contributed by atoms with E-state index in [9.17, 15) is 0 Å². The van der Waals surface area contributed by atoms with Crippen LogP contribution >= 0.6 is 0 Å². The molecule has 2 atom stereocenters. The molecular weight excluding hydrogens is 242 g/mol. The van der Waals surface area contributed by atoms with E-state index in [1.807, 2.05) is 6.92 Å². The van der Waals surface area contributed by atoms with E-state index in [0.29, 0.717) is 18.2 Å². The van der Waals surface area contributed by atoms with E-state index in [4.69, 9.17) is 4.74 Å². The standard InChI is InChI=1S/C13H19N5O/c1-8-14-12(16-9-2-3-9)17-13(15-8)18-6-10-4-5-11(7-18)19-10/h9-11H,2-7H2,1H3,(H,14,15,16,17). The lowest BCUT2D eigenvalue weighted by Crippen LogP contribution is -2.43. The molecule has 19 heavy (non-hydrogen) atoms. The second kappa shape index (κ2) is 4.30. The zero-order chi connectivity index (χ0) is 12.8. The Labute approximate surface area is 112 Å². The summed E-state index contributed by atoms with van der Waals surface area (Å²) in [7, 11) is 0. The SMILES string of the molecule is Cc1nc(NC2CC2)nc(N2CC3CCC(C2)O3)n1. The number of ether oxygens (including phenoxy) is 1. The maximum Gasteiger partial charge on any atom is 0.230 e. The Morgan fingerprint density at radius 1 is 1.05 bits per heavy atom. The topological polar surface area (TPSA) is 63.2 Å². The Morgan fingerprint density at radius 3 is 2.47 bits per heavy atom. The van der Waals surface area contributed by atoms with E-state index < -0.39 is 0 Å². The van der Waals surface area contributed by atoms with E-state index in [-0.39, 0.29) is 0 Å². The van der Waals surface area contributed by atoms with Gasteiger partial charge in [-0.2, -0.15) is 15.0 Å². The molecule has 0 radical (unpaired) electrons. The van der Waals surface area contributed by atoms with Gasteiger partial charge in [-0.25, -0.2) is 0 Å². The first-order valence-corrected chi connectivity index (χ1v) is 7.16. The summed E-state index contributed by atoms with van der Waals surface area (Å²) in [5, 5.41) is 3.35. The van der Waals surface area contributed by atoms with Gasteiger partial charge in [0.2, 0.25) is 11.9 Å². The van der Waals surface area contributed by atoms with Crippen molar-refractivity contribution in [3.8, 4) is 0 Å². The van der Waals surface area contributed by atoms with Crippen LogP contribution in [0.3, 0.4) is 0 Å². The van der Waals surface area contributed by atoms with E-state index in [2.05, 4.69) is 25.2 Å². The molecule has 3 fully saturated rings. The number of rotatable bonds is 3. The van der Waals surface area contributed by atoms with Gasteiger partial charge in [-0.05, 0) is 32.6 Å².